The van der Waals surface area contributed by atoms with Crippen LogP contribution in [-0.4, -0.2) is 11.9 Å². The molecular formula is C20H18Cl2N2O2. The average Bonchev–Trinajstić information content (AvgIpc) is 3.17. The highest BCUT2D eigenvalue weighted by molar-refractivity contribution is 6.36. The Hall–Kier alpha value is -2.27. The third kappa shape index (κ3) is 4.47. The van der Waals surface area contributed by atoms with Gasteiger partial charge < -0.3 is 9.73 Å². The minimum Gasteiger partial charge on any atom is -0.467 e. The van der Waals surface area contributed by atoms with Crippen LogP contribution in [0.25, 0.3) is 0 Å². The largest absolute Gasteiger partial charge is 0.467 e. The van der Waals surface area contributed by atoms with E-state index in [0.29, 0.717) is 15.7 Å². The van der Waals surface area contributed by atoms with E-state index in [1.54, 1.807) is 31.4 Å². The van der Waals surface area contributed by atoms with Crippen LogP contribution < -0.4 is 10.6 Å². The van der Waals surface area contributed by atoms with E-state index in [2.05, 4.69) is 10.6 Å². The predicted octanol–water partition coefficient (Wildman–Crippen LogP) is 5.29. The summed E-state index contributed by atoms with van der Waals surface area (Å²) in [6.07, 6.45) is 1.62. The molecule has 0 radical (unpaired) electrons. The van der Waals surface area contributed by atoms with Gasteiger partial charge in [0.1, 0.15) is 5.76 Å². The van der Waals surface area contributed by atoms with Crippen LogP contribution in [0.2, 0.25) is 10.0 Å². The van der Waals surface area contributed by atoms with Crippen LogP contribution >= 0.6 is 23.2 Å². The zero-order valence-electron chi connectivity index (χ0n) is 14.1. The van der Waals surface area contributed by atoms with Crippen LogP contribution in [0.15, 0.2) is 71.3 Å². The van der Waals surface area contributed by atoms with Gasteiger partial charge in [-0.2, -0.15) is 0 Å². The molecule has 3 aromatic rings. The zero-order chi connectivity index (χ0) is 18.5. The number of anilines is 1. The summed E-state index contributed by atoms with van der Waals surface area (Å²) < 4.78 is 5.55. The minimum absolute atomic E-state index is 0.207. The standard InChI is InChI=1S/C20H18Cl2N2O2/c1-13(20(25)24-17-10-9-15(21)12-16(17)22)23-19(18-8-5-11-26-18)14-6-3-2-4-7-14/h2-13,19,23H,1H3,(H,24,25)/t13-,19-/m0/s1. The fourth-order valence-corrected chi connectivity index (χ4v) is 3.06. The monoisotopic (exact) mass is 388 g/mol. The summed E-state index contributed by atoms with van der Waals surface area (Å²) in [5.74, 6) is 0.530. The lowest BCUT2D eigenvalue weighted by atomic mass is 10.0. The molecule has 3 rings (SSSR count). The quantitative estimate of drug-likeness (QED) is 0.602. The molecule has 0 aliphatic carbocycles. The number of furan rings is 1. The highest BCUT2D eigenvalue weighted by Crippen LogP contribution is 2.26. The van der Waals surface area contributed by atoms with E-state index in [1.807, 2.05) is 42.5 Å². The van der Waals surface area contributed by atoms with Crippen molar-refractivity contribution < 1.29 is 9.21 Å². The Kier molecular flexibility index (Phi) is 5.99. The first-order valence-corrected chi connectivity index (χ1v) is 8.90. The summed E-state index contributed by atoms with van der Waals surface area (Å²) >= 11 is 12.0. The van der Waals surface area contributed by atoms with Crippen molar-refractivity contribution in [1.82, 2.24) is 5.32 Å². The number of halogens is 2. The topological polar surface area (TPSA) is 54.3 Å². The number of carbonyl (C=O) groups is 1. The normalized spacial score (nSPS) is 13.2. The first kappa shape index (κ1) is 18.5. The second-order valence-electron chi connectivity index (χ2n) is 5.86. The van der Waals surface area contributed by atoms with Gasteiger partial charge in [-0.05, 0) is 42.8 Å². The van der Waals surface area contributed by atoms with Gasteiger partial charge in [-0.3, -0.25) is 10.1 Å². The maximum absolute atomic E-state index is 12.6. The smallest absolute Gasteiger partial charge is 0.241 e. The number of rotatable bonds is 6. The molecule has 0 bridgehead atoms. The number of amides is 1. The Balaban J connectivity index is 1.75. The van der Waals surface area contributed by atoms with E-state index in [0.717, 1.165) is 11.3 Å². The maximum atomic E-state index is 12.6. The van der Waals surface area contributed by atoms with Crippen molar-refractivity contribution in [1.29, 1.82) is 0 Å². The first-order chi connectivity index (χ1) is 12.5. The summed E-state index contributed by atoms with van der Waals surface area (Å²) in [6.45, 7) is 1.79. The SMILES string of the molecule is C[C@H](N[C@@H](c1ccccc1)c1ccco1)C(=O)Nc1ccc(Cl)cc1Cl. The molecule has 26 heavy (non-hydrogen) atoms. The third-order valence-electron chi connectivity index (χ3n) is 3.96. The summed E-state index contributed by atoms with van der Waals surface area (Å²) in [7, 11) is 0. The number of carbonyl (C=O) groups excluding carboxylic acids is 1. The van der Waals surface area contributed by atoms with Crippen molar-refractivity contribution in [3.8, 4) is 0 Å². The number of hydrogen-bond acceptors (Lipinski definition) is 3. The molecule has 2 N–H and O–H groups in total. The summed E-state index contributed by atoms with van der Waals surface area (Å²) in [6, 6.07) is 17.7. The lowest BCUT2D eigenvalue weighted by molar-refractivity contribution is -0.117. The van der Waals surface area contributed by atoms with E-state index >= 15 is 0 Å². The molecule has 0 unspecified atom stereocenters. The predicted molar refractivity (Wildman–Crippen MR) is 105 cm³/mol. The van der Waals surface area contributed by atoms with Crippen molar-refractivity contribution in [2.45, 2.75) is 19.0 Å². The molecule has 0 spiro atoms. The van der Waals surface area contributed by atoms with Gasteiger partial charge in [-0.15, -0.1) is 0 Å². The Morgan fingerprint density at radius 1 is 1.04 bits per heavy atom. The molecule has 134 valence electrons. The number of hydrogen-bond donors (Lipinski definition) is 2. The van der Waals surface area contributed by atoms with E-state index in [4.69, 9.17) is 27.6 Å². The van der Waals surface area contributed by atoms with E-state index in [9.17, 15) is 4.79 Å². The molecule has 6 heteroatoms. The molecule has 4 nitrogen and oxygen atoms in total. The Morgan fingerprint density at radius 3 is 2.46 bits per heavy atom. The highest BCUT2D eigenvalue weighted by Gasteiger charge is 2.23. The third-order valence-corrected chi connectivity index (χ3v) is 4.51. The molecule has 0 aliphatic rings. The van der Waals surface area contributed by atoms with Gasteiger partial charge in [0.05, 0.1) is 29.1 Å². The summed E-state index contributed by atoms with van der Waals surface area (Å²) in [4.78, 5) is 12.6. The molecule has 0 fully saturated rings. The number of nitrogens with one attached hydrogen (secondary N) is 2. The van der Waals surface area contributed by atoms with Crippen LogP contribution in [0.1, 0.15) is 24.3 Å². The Bertz CT molecular complexity index is 867. The van der Waals surface area contributed by atoms with E-state index < -0.39 is 6.04 Å². The second-order valence-corrected chi connectivity index (χ2v) is 6.70. The molecule has 1 amide bonds. The lowest BCUT2D eigenvalue weighted by Crippen LogP contribution is -2.40. The molecule has 0 saturated heterocycles. The van der Waals surface area contributed by atoms with Crippen LogP contribution in [-0.2, 0) is 4.79 Å². The Morgan fingerprint density at radius 2 is 1.81 bits per heavy atom. The molecule has 1 heterocycles. The van der Waals surface area contributed by atoms with Crippen molar-refractivity contribution >= 4 is 34.8 Å². The van der Waals surface area contributed by atoms with E-state index in [-0.39, 0.29) is 11.9 Å². The average molecular weight is 389 g/mol. The Labute approximate surface area is 162 Å². The van der Waals surface area contributed by atoms with Crippen molar-refractivity contribution in [2.24, 2.45) is 0 Å². The van der Waals surface area contributed by atoms with Gasteiger partial charge in [0, 0.05) is 5.02 Å². The number of benzene rings is 2. The first-order valence-electron chi connectivity index (χ1n) is 8.15. The van der Waals surface area contributed by atoms with Crippen molar-refractivity contribution in [2.75, 3.05) is 5.32 Å². The maximum Gasteiger partial charge on any atom is 0.241 e. The van der Waals surface area contributed by atoms with Gasteiger partial charge in [0.15, 0.2) is 0 Å². The van der Waals surface area contributed by atoms with Gasteiger partial charge in [0.2, 0.25) is 5.91 Å². The van der Waals surface area contributed by atoms with Gasteiger partial charge >= 0.3 is 0 Å². The van der Waals surface area contributed by atoms with Gasteiger partial charge in [-0.25, -0.2) is 0 Å². The molecule has 2 aromatic carbocycles. The molecular weight excluding hydrogens is 371 g/mol. The summed E-state index contributed by atoms with van der Waals surface area (Å²) in [5, 5.41) is 7.04. The fraction of sp³-hybridized carbons (Fsp3) is 0.150. The molecule has 0 saturated carbocycles. The van der Waals surface area contributed by atoms with Crippen LogP contribution in [0.5, 0.6) is 0 Å². The molecule has 2 atom stereocenters. The van der Waals surface area contributed by atoms with E-state index in [1.165, 1.54) is 0 Å². The van der Waals surface area contributed by atoms with Gasteiger partial charge in [-0.1, -0.05) is 53.5 Å². The van der Waals surface area contributed by atoms with Crippen LogP contribution in [0, 0.1) is 0 Å². The molecule has 1 aromatic heterocycles. The highest BCUT2D eigenvalue weighted by atomic mass is 35.5. The van der Waals surface area contributed by atoms with Gasteiger partial charge in [0.25, 0.3) is 0 Å². The second kappa shape index (κ2) is 8.41. The summed E-state index contributed by atoms with van der Waals surface area (Å²) in [5.41, 5.74) is 1.52. The van der Waals surface area contributed by atoms with Crippen LogP contribution in [0.4, 0.5) is 5.69 Å². The fourth-order valence-electron chi connectivity index (χ4n) is 2.60. The zero-order valence-corrected chi connectivity index (χ0v) is 15.6. The lowest BCUT2D eigenvalue weighted by Gasteiger charge is -2.22. The van der Waals surface area contributed by atoms with Crippen molar-refractivity contribution in [3.63, 3.8) is 0 Å². The molecule has 0 aliphatic heterocycles. The van der Waals surface area contributed by atoms with Crippen molar-refractivity contribution in [3.05, 3.63) is 88.3 Å². The van der Waals surface area contributed by atoms with Crippen LogP contribution in [0.3, 0.4) is 0 Å². The minimum atomic E-state index is -0.489.